The first-order valence-electron chi connectivity index (χ1n) is 10.9. The van der Waals surface area contributed by atoms with Crippen LogP contribution in [0.2, 0.25) is 0 Å². The number of fused-ring (bicyclic) bond motifs is 1. The van der Waals surface area contributed by atoms with Gasteiger partial charge >= 0.3 is 0 Å². The average Bonchev–Trinajstić information content (AvgIpc) is 3.32. The summed E-state index contributed by atoms with van der Waals surface area (Å²) < 4.78 is 37.7. The summed E-state index contributed by atoms with van der Waals surface area (Å²) in [7, 11) is -3.55. The van der Waals surface area contributed by atoms with Crippen molar-refractivity contribution in [2.45, 2.75) is 11.3 Å². The van der Waals surface area contributed by atoms with Crippen LogP contribution in [0.25, 0.3) is 0 Å². The molecule has 1 aromatic carbocycles. The Morgan fingerprint density at radius 1 is 0.938 bits per heavy atom. The minimum atomic E-state index is -3.55. The number of hydrogen-bond acceptors (Lipinski definition) is 7. The van der Waals surface area contributed by atoms with E-state index in [1.165, 1.54) is 10.5 Å². The van der Waals surface area contributed by atoms with E-state index in [-0.39, 0.29) is 10.8 Å². The zero-order valence-corrected chi connectivity index (χ0v) is 18.6. The first kappa shape index (κ1) is 21.2. The fraction of sp³-hybridized carbons (Fsp3) is 0.455. The number of benzene rings is 1. The lowest BCUT2D eigenvalue weighted by atomic mass is 10.1. The molecular weight excluding hydrogens is 432 g/mol. The van der Waals surface area contributed by atoms with E-state index >= 15 is 0 Å². The Labute approximate surface area is 187 Å². The molecular formula is C22H26N4O5S. The minimum Gasteiger partial charge on any atom is -0.493 e. The summed E-state index contributed by atoms with van der Waals surface area (Å²) in [6.45, 7) is 4.66. The number of piperazine rings is 1. The van der Waals surface area contributed by atoms with Crippen LogP contribution in [0.5, 0.6) is 5.75 Å². The summed E-state index contributed by atoms with van der Waals surface area (Å²) in [4.78, 5) is 21.4. The molecule has 0 aliphatic carbocycles. The molecule has 9 nitrogen and oxygen atoms in total. The van der Waals surface area contributed by atoms with Crippen molar-refractivity contribution in [3.63, 3.8) is 0 Å². The van der Waals surface area contributed by atoms with Gasteiger partial charge in [-0.05, 0) is 35.9 Å². The lowest BCUT2D eigenvalue weighted by Crippen LogP contribution is -2.49. The Balaban J connectivity index is 1.21. The molecule has 0 N–H and O–H groups in total. The van der Waals surface area contributed by atoms with E-state index in [1.807, 2.05) is 23.1 Å². The molecule has 1 aromatic heterocycles. The fourth-order valence-electron chi connectivity index (χ4n) is 4.29. The number of nitrogens with zero attached hydrogens (tertiary/aromatic N) is 4. The van der Waals surface area contributed by atoms with Gasteiger partial charge in [0.25, 0.3) is 5.91 Å². The van der Waals surface area contributed by atoms with Crippen molar-refractivity contribution in [2.75, 3.05) is 64.0 Å². The van der Waals surface area contributed by atoms with Crippen molar-refractivity contribution in [3.05, 3.63) is 47.7 Å². The largest absolute Gasteiger partial charge is 0.493 e. The number of hydrogen-bond donors (Lipinski definition) is 0. The Morgan fingerprint density at radius 2 is 1.72 bits per heavy atom. The van der Waals surface area contributed by atoms with Gasteiger partial charge in [-0.3, -0.25) is 4.79 Å². The standard InChI is InChI=1S/C22H26N4O5S/c27-22(18-1-3-20-17(15-18)5-12-31-20)25-8-6-24(7-9-25)21-4-2-19(16-23-21)32(28,29)26-10-13-30-14-11-26/h1-4,15-16H,5-14H2. The summed E-state index contributed by atoms with van der Waals surface area (Å²) in [6, 6.07) is 8.99. The fourth-order valence-corrected chi connectivity index (χ4v) is 5.64. The molecule has 5 rings (SSSR count). The van der Waals surface area contributed by atoms with Gasteiger partial charge < -0.3 is 19.3 Å². The van der Waals surface area contributed by atoms with Crippen LogP contribution in [-0.2, 0) is 21.2 Å². The number of ether oxygens (including phenoxy) is 2. The molecule has 10 heteroatoms. The summed E-state index contributed by atoms with van der Waals surface area (Å²) in [6.07, 6.45) is 2.26. The second-order valence-electron chi connectivity index (χ2n) is 8.07. The average molecular weight is 459 g/mol. The van der Waals surface area contributed by atoms with Crippen molar-refractivity contribution in [1.82, 2.24) is 14.2 Å². The number of sulfonamides is 1. The van der Waals surface area contributed by atoms with Crippen molar-refractivity contribution < 1.29 is 22.7 Å². The molecule has 0 radical (unpaired) electrons. The Kier molecular flexibility index (Phi) is 5.75. The SMILES string of the molecule is O=C(c1ccc2c(c1)CCO2)N1CCN(c2ccc(S(=O)(=O)N3CCOCC3)cn2)CC1. The molecule has 1 amide bonds. The smallest absolute Gasteiger partial charge is 0.253 e. The van der Waals surface area contributed by atoms with Crippen LogP contribution in [0.4, 0.5) is 5.82 Å². The van der Waals surface area contributed by atoms with E-state index in [1.54, 1.807) is 12.1 Å². The van der Waals surface area contributed by atoms with E-state index in [2.05, 4.69) is 9.88 Å². The number of carbonyl (C=O) groups excluding carboxylic acids is 1. The van der Waals surface area contributed by atoms with Crippen LogP contribution < -0.4 is 9.64 Å². The molecule has 0 unspecified atom stereocenters. The van der Waals surface area contributed by atoms with Crippen molar-refractivity contribution in [2.24, 2.45) is 0 Å². The molecule has 2 aromatic rings. The molecule has 0 bridgehead atoms. The van der Waals surface area contributed by atoms with E-state index < -0.39 is 10.0 Å². The van der Waals surface area contributed by atoms with Gasteiger partial charge in [-0.2, -0.15) is 4.31 Å². The van der Waals surface area contributed by atoms with Crippen LogP contribution in [-0.4, -0.2) is 87.6 Å². The van der Waals surface area contributed by atoms with Gasteiger partial charge in [0.1, 0.15) is 16.5 Å². The molecule has 32 heavy (non-hydrogen) atoms. The zero-order valence-electron chi connectivity index (χ0n) is 17.8. The molecule has 0 atom stereocenters. The Hall–Kier alpha value is -2.69. The maximum atomic E-state index is 12.9. The van der Waals surface area contributed by atoms with Gasteiger partial charge in [-0.1, -0.05) is 0 Å². The summed E-state index contributed by atoms with van der Waals surface area (Å²) in [5.74, 6) is 1.61. The lowest BCUT2D eigenvalue weighted by Gasteiger charge is -2.35. The van der Waals surface area contributed by atoms with Crippen LogP contribution >= 0.6 is 0 Å². The molecule has 2 saturated heterocycles. The predicted molar refractivity (Wildman–Crippen MR) is 118 cm³/mol. The van der Waals surface area contributed by atoms with E-state index in [0.717, 1.165) is 17.7 Å². The van der Waals surface area contributed by atoms with Crippen LogP contribution in [0.3, 0.4) is 0 Å². The third-order valence-corrected chi connectivity index (χ3v) is 8.04. The third-order valence-electron chi connectivity index (χ3n) is 6.16. The number of morpholine rings is 1. The maximum absolute atomic E-state index is 12.9. The molecule has 170 valence electrons. The van der Waals surface area contributed by atoms with Crippen LogP contribution in [0.15, 0.2) is 41.4 Å². The van der Waals surface area contributed by atoms with E-state index in [4.69, 9.17) is 9.47 Å². The first-order valence-corrected chi connectivity index (χ1v) is 12.3. The van der Waals surface area contributed by atoms with Gasteiger partial charge in [-0.15, -0.1) is 0 Å². The molecule has 2 fully saturated rings. The van der Waals surface area contributed by atoms with Gasteiger partial charge in [0.2, 0.25) is 10.0 Å². The van der Waals surface area contributed by atoms with Crippen molar-refractivity contribution in [3.8, 4) is 5.75 Å². The highest BCUT2D eigenvalue weighted by molar-refractivity contribution is 7.89. The lowest BCUT2D eigenvalue weighted by molar-refractivity contribution is 0.0730. The number of anilines is 1. The molecule has 3 aliphatic rings. The highest BCUT2D eigenvalue weighted by Gasteiger charge is 2.28. The number of amides is 1. The Morgan fingerprint density at radius 3 is 2.44 bits per heavy atom. The first-order chi connectivity index (χ1) is 15.5. The third kappa shape index (κ3) is 4.05. The molecule has 4 heterocycles. The number of aromatic nitrogens is 1. The summed E-state index contributed by atoms with van der Waals surface area (Å²) in [5.41, 5.74) is 1.78. The maximum Gasteiger partial charge on any atom is 0.253 e. The quantitative estimate of drug-likeness (QED) is 0.675. The molecule has 3 aliphatic heterocycles. The van der Waals surface area contributed by atoms with E-state index in [9.17, 15) is 13.2 Å². The summed E-state index contributed by atoms with van der Waals surface area (Å²) >= 11 is 0. The van der Waals surface area contributed by atoms with Gasteiger partial charge in [0, 0.05) is 57.4 Å². The van der Waals surface area contributed by atoms with Crippen molar-refractivity contribution in [1.29, 1.82) is 0 Å². The topological polar surface area (TPSA) is 92.3 Å². The van der Waals surface area contributed by atoms with E-state index in [0.29, 0.717) is 70.5 Å². The Bertz CT molecular complexity index is 1090. The molecule has 0 spiro atoms. The zero-order chi connectivity index (χ0) is 22.1. The number of pyridine rings is 1. The predicted octanol–water partition coefficient (Wildman–Crippen LogP) is 1.000. The van der Waals surface area contributed by atoms with Crippen LogP contribution in [0.1, 0.15) is 15.9 Å². The highest BCUT2D eigenvalue weighted by atomic mass is 32.2. The normalized spacial score (nSPS) is 19.5. The van der Waals surface area contributed by atoms with Crippen LogP contribution in [0, 0.1) is 0 Å². The summed E-state index contributed by atoms with van der Waals surface area (Å²) in [5, 5.41) is 0. The monoisotopic (exact) mass is 458 g/mol. The van der Waals surface area contributed by atoms with Crippen molar-refractivity contribution >= 4 is 21.7 Å². The second-order valence-corrected chi connectivity index (χ2v) is 10.0. The van der Waals surface area contributed by atoms with Gasteiger partial charge in [0.15, 0.2) is 0 Å². The molecule has 0 saturated carbocycles. The minimum absolute atomic E-state index is 0.0271. The highest BCUT2D eigenvalue weighted by Crippen LogP contribution is 2.27. The van der Waals surface area contributed by atoms with Gasteiger partial charge in [-0.25, -0.2) is 13.4 Å². The number of carbonyl (C=O) groups is 1. The van der Waals surface area contributed by atoms with Gasteiger partial charge in [0.05, 0.1) is 19.8 Å². The second kappa shape index (κ2) is 8.68. The number of rotatable bonds is 4.